The number of nitrogens with one attached hydrogen (secondary N) is 2. The molecule has 108 valence electrons. The zero-order valence-electron chi connectivity index (χ0n) is 10.7. The van der Waals surface area contributed by atoms with Crippen LogP contribution < -0.4 is 5.32 Å². The second kappa shape index (κ2) is 5.55. The molecule has 1 aliphatic heterocycles. The first kappa shape index (κ1) is 13.8. The number of amides is 3. The summed E-state index contributed by atoms with van der Waals surface area (Å²) in [4.78, 5) is 40.9. The number of H-pyrrole nitrogens is 1. The van der Waals surface area contributed by atoms with E-state index in [9.17, 15) is 14.4 Å². The molecule has 0 aromatic carbocycles. The van der Waals surface area contributed by atoms with E-state index in [-0.39, 0.29) is 25.5 Å². The van der Waals surface area contributed by atoms with E-state index in [1.54, 1.807) is 0 Å². The van der Waals surface area contributed by atoms with Crippen LogP contribution in [0.4, 0.5) is 4.79 Å². The van der Waals surface area contributed by atoms with Crippen molar-refractivity contribution in [1.82, 2.24) is 30.3 Å². The van der Waals surface area contributed by atoms with Crippen LogP contribution >= 0.6 is 0 Å². The maximum atomic E-state index is 12.2. The highest BCUT2D eigenvalue weighted by Gasteiger charge is 2.36. The number of hydrogen-bond donors (Lipinski definition) is 3. The number of carboxylic acids is 1. The molecule has 10 heteroatoms. The summed E-state index contributed by atoms with van der Waals surface area (Å²) in [6.07, 6.45) is 1.31. The summed E-state index contributed by atoms with van der Waals surface area (Å²) in [5.74, 6) is -1.08. The molecule has 1 saturated heterocycles. The topological polar surface area (TPSA) is 132 Å². The lowest BCUT2D eigenvalue weighted by Gasteiger charge is -2.35. The van der Waals surface area contributed by atoms with Gasteiger partial charge in [-0.15, -0.1) is 0 Å². The van der Waals surface area contributed by atoms with Crippen molar-refractivity contribution in [2.24, 2.45) is 0 Å². The van der Waals surface area contributed by atoms with Gasteiger partial charge < -0.3 is 15.3 Å². The van der Waals surface area contributed by atoms with Gasteiger partial charge in [0.25, 0.3) is 0 Å². The fraction of sp³-hybridized carbons (Fsp3) is 0.500. The molecule has 1 aliphatic rings. The number of aliphatic carboxylic acids is 1. The molecular weight excluding hydrogens is 268 g/mol. The number of urea groups is 1. The fourth-order valence-electron chi connectivity index (χ4n) is 1.88. The normalized spacial score (nSPS) is 18.6. The summed E-state index contributed by atoms with van der Waals surface area (Å²) in [7, 11) is 1.50. The first-order valence-electron chi connectivity index (χ1n) is 5.84. The zero-order valence-corrected chi connectivity index (χ0v) is 10.7. The van der Waals surface area contributed by atoms with Crippen LogP contribution in [0.5, 0.6) is 0 Å². The van der Waals surface area contributed by atoms with Crippen molar-refractivity contribution in [3.05, 3.63) is 12.2 Å². The van der Waals surface area contributed by atoms with E-state index in [1.165, 1.54) is 18.3 Å². The van der Waals surface area contributed by atoms with Gasteiger partial charge in [0.2, 0.25) is 5.91 Å². The minimum Gasteiger partial charge on any atom is -0.480 e. The number of aromatic amines is 1. The largest absolute Gasteiger partial charge is 0.480 e. The summed E-state index contributed by atoms with van der Waals surface area (Å²) in [6.45, 7) is -0.240. The van der Waals surface area contributed by atoms with Crippen molar-refractivity contribution in [1.29, 1.82) is 0 Å². The zero-order chi connectivity index (χ0) is 14.7. The summed E-state index contributed by atoms with van der Waals surface area (Å²) >= 11 is 0. The van der Waals surface area contributed by atoms with Crippen molar-refractivity contribution < 1.29 is 19.5 Å². The standard InChI is InChI=1S/C10H14N6O4/c1-15(3-7-12-5-13-14-7)10(20)16-4-8(17)11-2-6(16)9(18)19/h5-6H,2-4H2,1H3,(H,11,17)(H,18,19)(H,12,13,14). The Kier molecular flexibility index (Phi) is 3.82. The second-order valence-corrected chi connectivity index (χ2v) is 4.36. The van der Waals surface area contributed by atoms with Crippen LogP contribution in [-0.4, -0.2) is 74.2 Å². The number of carbonyl (C=O) groups excluding carboxylic acids is 2. The van der Waals surface area contributed by atoms with E-state index >= 15 is 0 Å². The van der Waals surface area contributed by atoms with Gasteiger partial charge in [-0.1, -0.05) is 0 Å². The summed E-state index contributed by atoms with van der Waals surface area (Å²) in [5, 5.41) is 17.8. The third kappa shape index (κ3) is 2.84. The highest BCUT2D eigenvalue weighted by molar-refractivity contribution is 5.90. The van der Waals surface area contributed by atoms with E-state index in [0.29, 0.717) is 5.82 Å². The average Bonchev–Trinajstić information content (AvgIpc) is 2.90. The lowest BCUT2D eigenvalue weighted by atomic mass is 10.2. The number of piperazine rings is 1. The SMILES string of the molecule is CN(Cc1ncn[nH]1)C(=O)N1CC(=O)NCC1C(=O)O. The average molecular weight is 282 g/mol. The molecule has 1 aromatic rings. The quantitative estimate of drug-likeness (QED) is 0.602. The molecule has 0 bridgehead atoms. The maximum Gasteiger partial charge on any atom is 0.328 e. The highest BCUT2D eigenvalue weighted by Crippen LogP contribution is 2.09. The Labute approximate surface area is 113 Å². The van der Waals surface area contributed by atoms with Crippen LogP contribution in [0.15, 0.2) is 6.33 Å². The van der Waals surface area contributed by atoms with E-state index in [2.05, 4.69) is 20.5 Å². The van der Waals surface area contributed by atoms with Gasteiger partial charge in [0.15, 0.2) is 0 Å². The van der Waals surface area contributed by atoms with Crippen LogP contribution in [0.2, 0.25) is 0 Å². The van der Waals surface area contributed by atoms with Crippen molar-refractivity contribution in [2.75, 3.05) is 20.1 Å². The Morgan fingerprint density at radius 1 is 1.60 bits per heavy atom. The van der Waals surface area contributed by atoms with Crippen molar-refractivity contribution in [3.8, 4) is 0 Å². The molecule has 20 heavy (non-hydrogen) atoms. The number of hydrogen-bond acceptors (Lipinski definition) is 5. The third-order valence-corrected chi connectivity index (χ3v) is 2.89. The van der Waals surface area contributed by atoms with Gasteiger partial charge in [-0.3, -0.25) is 14.8 Å². The number of carboxylic acid groups (broad SMARTS) is 1. The summed E-state index contributed by atoms with van der Waals surface area (Å²) < 4.78 is 0. The third-order valence-electron chi connectivity index (χ3n) is 2.89. The van der Waals surface area contributed by atoms with Gasteiger partial charge in [0, 0.05) is 13.6 Å². The summed E-state index contributed by atoms with van der Waals surface area (Å²) in [5.41, 5.74) is 0. The molecule has 1 aromatic heterocycles. The summed E-state index contributed by atoms with van der Waals surface area (Å²) in [6, 6.07) is -1.62. The van der Waals surface area contributed by atoms with E-state index < -0.39 is 18.0 Å². The predicted octanol–water partition coefficient (Wildman–Crippen LogP) is -1.76. The molecule has 1 fully saturated rings. The Hall–Kier alpha value is -2.65. The van der Waals surface area contributed by atoms with Gasteiger partial charge in [-0.2, -0.15) is 5.10 Å². The monoisotopic (exact) mass is 282 g/mol. The van der Waals surface area contributed by atoms with Crippen LogP contribution in [0.1, 0.15) is 5.82 Å². The van der Waals surface area contributed by atoms with Crippen LogP contribution in [-0.2, 0) is 16.1 Å². The molecule has 3 N–H and O–H groups in total. The lowest BCUT2D eigenvalue weighted by molar-refractivity contribution is -0.144. The first-order chi connectivity index (χ1) is 9.49. The van der Waals surface area contributed by atoms with E-state index in [0.717, 1.165) is 4.90 Å². The number of rotatable bonds is 3. The van der Waals surface area contributed by atoms with E-state index in [1.807, 2.05) is 0 Å². The Balaban J connectivity index is 2.08. The first-order valence-corrected chi connectivity index (χ1v) is 5.84. The van der Waals surface area contributed by atoms with Crippen molar-refractivity contribution in [3.63, 3.8) is 0 Å². The maximum absolute atomic E-state index is 12.2. The van der Waals surface area contributed by atoms with Gasteiger partial charge in [-0.25, -0.2) is 14.6 Å². The van der Waals surface area contributed by atoms with Crippen molar-refractivity contribution in [2.45, 2.75) is 12.6 Å². The molecule has 2 rings (SSSR count). The molecule has 1 atom stereocenters. The van der Waals surface area contributed by atoms with Gasteiger partial charge in [0.1, 0.15) is 24.7 Å². The smallest absolute Gasteiger partial charge is 0.328 e. The second-order valence-electron chi connectivity index (χ2n) is 4.36. The minimum absolute atomic E-state index is 0.101. The highest BCUT2D eigenvalue weighted by atomic mass is 16.4. The number of aromatic nitrogens is 3. The molecule has 1 unspecified atom stereocenters. The van der Waals surface area contributed by atoms with E-state index in [4.69, 9.17) is 5.11 Å². The lowest BCUT2D eigenvalue weighted by Crippen LogP contribution is -2.61. The van der Waals surface area contributed by atoms with Crippen LogP contribution in [0, 0.1) is 0 Å². The number of carbonyl (C=O) groups is 3. The molecule has 0 spiro atoms. The van der Waals surface area contributed by atoms with Gasteiger partial charge >= 0.3 is 12.0 Å². The number of nitrogens with zero attached hydrogens (tertiary/aromatic N) is 4. The Morgan fingerprint density at radius 2 is 2.35 bits per heavy atom. The molecule has 2 heterocycles. The Bertz CT molecular complexity index is 516. The molecular formula is C10H14N6O4. The van der Waals surface area contributed by atoms with Crippen LogP contribution in [0.3, 0.4) is 0 Å². The molecule has 3 amide bonds. The fourth-order valence-corrected chi connectivity index (χ4v) is 1.88. The van der Waals surface area contributed by atoms with Crippen LogP contribution in [0.25, 0.3) is 0 Å². The predicted molar refractivity (Wildman–Crippen MR) is 64.4 cm³/mol. The van der Waals surface area contributed by atoms with Gasteiger partial charge in [0.05, 0.1) is 6.54 Å². The molecule has 0 radical (unpaired) electrons. The molecule has 0 aliphatic carbocycles. The molecule has 0 saturated carbocycles. The van der Waals surface area contributed by atoms with Gasteiger partial charge in [-0.05, 0) is 0 Å². The minimum atomic E-state index is -1.16. The Morgan fingerprint density at radius 3 is 2.95 bits per heavy atom. The molecule has 10 nitrogen and oxygen atoms in total. The van der Waals surface area contributed by atoms with Crippen molar-refractivity contribution >= 4 is 17.9 Å².